The minimum Gasteiger partial charge on any atom is -0.542 e. The van der Waals surface area contributed by atoms with Crippen LogP contribution in [0, 0.1) is 0 Å². The van der Waals surface area contributed by atoms with Gasteiger partial charge in [-0.3, -0.25) is 4.79 Å². The first kappa shape index (κ1) is 28.7. The van der Waals surface area contributed by atoms with Crippen molar-refractivity contribution in [1.29, 1.82) is 0 Å². The number of aryl methyl sites for hydroxylation is 1. The van der Waals surface area contributed by atoms with E-state index in [1.165, 1.54) is 19.1 Å². The third-order valence-corrected chi connectivity index (χ3v) is 5.43. The average molecular weight is 493 g/mol. The maximum Gasteiger partial charge on any atom is 1.00 e. The van der Waals surface area contributed by atoms with Crippen molar-refractivity contribution in [3.63, 3.8) is 0 Å². The Morgan fingerprint density at radius 2 is 1.57 bits per heavy atom. The van der Waals surface area contributed by atoms with Crippen molar-refractivity contribution in [2.45, 2.75) is 52.6 Å². The number of aromatic hydroxyl groups is 1. The Bertz CT molecular complexity index is 1180. The van der Waals surface area contributed by atoms with E-state index in [2.05, 4.69) is 0 Å². The molecule has 3 aromatic rings. The molecule has 35 heavy (non-hydrogen) atoms. The van der Waals surface area contributed by atoms with Crippen molar-refractivity contribution in [3.05, 3.63) is 52.8 Å². The van der Waals surface area contributed by atoms with Crippen LogP contribution in [0.15, 0.2) is 34.7 Å². The van der Waals surface area contributed by atoms with Gasteiger partial charge in [0.15, 0.2) is 11.5 Å². The zero-order chi connectivity index (χ0) is 24.8. The fourth-order valence-electron chi connectivity index (χ4n) is 3.81. The van der Waals surface area contributed by atoms with Crippen molar-refractivity contribution in [2.75, 3.05) is 13.2 Å². The Morgan fingerprint density at radius 3 is 2.14 bits per heavy atom. The SMILES string of the molecule is CCCc1c(OCC(O)COc2ccc3cc(C(=O)[O-])oc3c2CCC)ccc(C(C)=O)c1O.[Na+]. The van der Waals surface area contributed by atoms with Crippen molar-refractivity contribution >= 4 is 22.7 Å². The number of furan rings is 1. The molecule has 9 heteroatoms. The number of ether oxygens (including phenoxy) is 2. The van der Waals surface area contributed by atoms with Crippen LogP contribution in [0.2, 0.25) is 0 Å². The van der Waals surface area contributed by atoms with Crippen LogP contribution in [-0.2, 0) is 12.8 Å². The maximum absolute atomic E-state index is 11.7. The van der Waals surface area contributed by atoms with Gasteiger partial charge in [0.05, 0.1) is 5.56 Å². The number of phenolic OH excluding ortho intramolecular Hbond substituents is 1. The third-order valence-electron chi connectivity index (χ3n) is 5.43. The number of rotatable bonds is 12. The molecule has 182 valence electrons. The van der Waals surface area contributed by atoms with E-state index in [9.17, 15) is 24.9 Å². The largest absolute Gasteiger partial charge is 1.00 e. The molecule has 2 aromatic carbocycles. The molecule has 3 rings (SSSR count). The van der Waals surface area contributed by atoms with Gasteiger partial charge in [-0.1, -0.05) is 26.7 Å². The van der Waals surface area contributed by atoms with Crippen LogP contribution in [0.5, 0.6) is 17.2 Å². The number of aliphatic hydroxyl groups is 1. The van der Waals surface area contributed by atoms with Gasteiger partial charge < -0.3 is 34.0 Å². The molecule has 1 atom stereocenters. The fourth-order valence-corrected chi connectivity index (χ4v) is 3.81. The van der Waals surface area contributed by atoms with Crippen molar-refractivity contribution in [1.82, 2.24) is 0 Å². The summed E-state index contributed by atoms with van der Waals surface area (Å²) in [5.41, 5.74) is 1.91. The normalized spacial score (nSPS) is 11.7. The van der Waals surface area contributed by atoms with Gasteiger partial charge in [-0.05, 0) is 50.1 Å². The number of fused-ring (bicyclic) bond motifs is 1. The summed E-state index contributed by atoms with van der Waals surface area (Å²) in [4.78, 5) is 22.9. The van der Waals surface area contributed by atoms with Gasteiger partial charge in [0.1, 0.15) is 48.1 Å². The van der Waals surface area contributed by atoms with Crippen molar-refractivity contribution in [2.24, 2.45) is 0 Å². The van der Waals surface area contributed by atoms with Crippen LogP contribution in [0.4, 0.5) is 0 Å². The quantitative estimate of drug-likeness (QED) is 0.275. The minimum atomic E-state index is -1.39. The molecule has 8 nitrogen and oxygen atoms in total. The molecule has 0 saturated carbocycles. The van der Waals surface area contributed by atoms with E-state index >= 15 is 0 Å². The van der Waals surface area contributed by atoms with Gasteiger partial charge >= 0.3 is 29.6 Å². The van der Waals surface area contributed by atoms with E-state index < -0.39 is 12.1 Å². The number of aliphatic hydroxyl groups excluding tert-OH is 1. The number of hydrogen-bond acceptors (Lipinski definition) is 8. The summed E-state index contributed by atoms with van der Waals surface area (Å²) in [7, 11) is 0. The number of carboxylic acid groups (broad SMARTS) is 1. The van der Waals surface area contributed by atoms with Gasteiger partial charge in [-0.2, -0.15) is 0 Å². The number of carboxylic acids is 1. The van der Waals surface area contributed by atoms with Crippen LogP contribution < -0.4 is 44.1 Å². The van der Waals surface area contributed by atoms with E-state index in [-0.39, 0.29) is 65.6 Å². The first-order chi connectivity index (χ1) is 16.3. The van der Waals surface area contributed by atoms with E-state index in [0.717, 1.165) is 18.4 Å². The number of carbonyl (C=O) groups is 2. The van der Waals surface area contributed by atoms with E-state index in [1.807, 2.05) is 13.8 Å². The van der Waals surface area contributed by atoms with Gasteiger partial charge in [0, 0.05) is 16.5 Å². The number of hydrogen-bond donors (Lipinski definition) is 2. The molecule has 1 unspecified atom stereocenters. The molecule has 2 N–H and O–H groups in total. The second-order valence-electron chi connectivity index (χ2n) is 8.13. The Balaban J connectivity index is 0.00000432. The van der Waals surface area contributed by atoms with Crippen LogP contribution in [0.25, 0.3) is 11.0 Å². The number of Topliss-reactive ketones (excluding diaryl/α,β-unsaturated/α-hetero) is 1. The summed E-state index contributed by atoms with van der Waals surface area (Å²) in [6, 6.07) is 7.95. The number of benzene rings is 2. The summed E-state index contributed by atoms with van der Waals surface area (Å²) in [5.74, 6) is -1.08. The molecule has 0 radical (unpaired) electrons. The topological polar surface area (TPSA) is 129 Å². The Labute approximate surface area is 226 Å². The van der Waals surface area contributed by atoms with Crippen LogP contribution >= 0.6 is 0 Å². The average Bonchev–Trinajstić information content (AvgIpc) is 3.24. The Kier molecular flexibility index (Phi) is 10.6. The summed E-state index contributed by atoms with van der Waals surface area (Å²) in [5, 5.41) is 32.7. The number of aromatic carboxylic acids is 1. The molecular weight excluding hydrogens is 463 g/mol. The zero-order valence-corrected chi connectivity index (χ0v) is 22.6. The second-order valence-corrected chi connectivity index (χ2v) is 8.13. The van der Waals surface area contributed by atoms with E-state index in [0.29, 0.717) is 40.9 Å². The van der Waals surface area contributed by atoms with Gasteiger partial charge in [0.25, 0.3) is 0 Å². The van der Waals surface area contributed by atoms with Crippen molar-refractivity contribution < 1.29 is 68.4 Å². The first-order valence-corrected chi connectivity index (χ1v) is 11.3. The smallest absolute Gasteiger partial charge is 0.542 e. The summed E-state index contributed by atoms with van der Waals surface area (Å²) >= 11 is 0. The predicted octanol–water partition coefficient (Wildman–Crippen LogP) is 0.432. The molecule has 0 aliphatic heterocycles. The van der Waals surface area contributed by atoms with Gasteiger partial charge in [-0.25, -0.2) is 0 Å². The molecule has 0 amide bonds. The third kappa shape index (κ3) is 6.79. The van der Waals surface area contributed by atoms with Crippen molar-refractivity contribution in [3.8, 4) is 17.2 Å². The number of carbonyl (C=O) groups excluding carboxylic acids is 2. The predicted molar refractivity (Wildman–Crippen MR) is 124 cm³/mol. The molecule has 1 aromatic heterocycles. The molecule has 0 aliphatic rings. The molecule has 0 bridgehead atoms. The van der Waals surface area contributed by atoms with Crippen LogP contribution in [0.1, 0.15) is 65.7 Å². The molecule has 0 spiro atoms. The van der Waals surface area contributed by atoms with Crippen LogP contribution in [0.3, 0.4) is 0 Å². The van der Waals surface area contributed by atoms with Gasteiger partial charge in [0.2, 0.25) is 0 Å². The maximum atomic E-state index is 11.7. The first-order valence-electron chi connectivity index (χ1n) is 11.3. The molecule has 0 fully saturated rings. The van der Waals surface area contributed by atoms with Gasteiger partial charge in [-0.15, -0.1) is 0 Å². The Hall–Kier alpha value is -2.52. The summed E-state index contributed by atoms with van der Waals surface area (Å²) in [6.45, 7) is 5.16. The van der Waals surface area contributed by atoms with Crippen LogP contribution in [-0.4, -0.2) is 41.3 Å². The molecular formula is C26H29NaO8. The number of phenols is 1. The molecule has 1 heterocycles. The summed E-state index contributed by atoms with van der Waals surface area (Å²) in [6.07, 6.45) is 1.66. The minimum absolute atomic E-state index is 0. The zero-order valence-electron chi connectivity index (χ0n) is 20.6. The standard InChI is InChI=1S/C26H30O8.Na/c1-4-6-19-21(11-9-18(15(3)27)24(19)29)32-13-17(28)14-33-22-10-8-16-12-23(26(30)31)34-25(16)20(22)7-5-2;/h8-12,17,28-29H,4-7,13-14H2,1-3H3,(H,30,31);/q;+1/p-1. The second kappa shape index (κ2) is 13.0. The Morgan fingerprint density at radius 1 is 1.00 bits per heavy atom. The molecule has 0 aliphatic carbocycles. The van der Waals surface area contributed by atoms with E-state index in [4.69, 9.17) is 13.9 Å². The monoisotopic (exact) mass is 492 g/mol. The van der Waals surface area contributed by atoms with E-state index in [1.54, 1.807) is 18.2 Å². The fraction of sp³-hybridized carbons (Fsp3) is 0.385. The summed E-state index contributed by atoms with van der Waals surface area (Å²) < 4.78 is 17.0. The molecule has 0 saturated heterocycles. The number of ketones is 1.